The lowest BCUT2D eigenvalue weighted by atomic mass is 9.83. The maximum absolute atomic E-state index is 12.3. The number of nitrogens with one attached hydrogen (secondary N) is 1. The standard InChI is InChI=1S/C15H16N2O3/c1-2-15(7-8-16-14(15)20)9-17-12(18)10-5-3-4-6-11(10)13(17)19/h3-6H,2,7-9H2,1H3,(H,16,20). The summed E-state index contributed by atoms with van der Waals surface area (Å²) in [6.07, 6.45) is 1.28. The summed E-state index contributed by atoms with van der Waals surface area (Å²) in [5.74, 6) is -0.646. The Morgan fingerprint density at radius 3 is 2.20 bits per heavy atom. The van der Waals surface area contributed by atoms with Crippen LogP contribution in [0.25, 0.3) is 0 Å². The van der Waals surface area contributed by atoms with E-state index in [1.807, 2.05) is 6.92 Å². The number of nitrogens with zero attached hydrogens (tertiary/aromatic N) is 1. The molecule has 1 fully saturated rings. The first kappa shape index (κ1) is 12.8. The second-order valence-electron chi connectivity index (χ2n) is 5.38. The Hall–Kier alpha value is -2.17. The molecule has 0 aromatic heterocycles. The van der Waals surface area contributed by atoms with Crippen LogP contribution in [0.4, 0.5) is 0 Å². The maximum Gasteiger partial charge on any atom is 0.261 e. The van der Waals surface area contributed by atoms with Crippen molar-refractivity contribution in [2.45, 2.75) is 19.8 Å². The molecule has 0 spiro atoms. The van der Waals surface area contributed by atoms with Gasteiger partial charge in [0.25, 0.3) is 11.8 Å². The smallest absolute Gasteiger partial charge is 0.261 e. The summed E-state index contributed by atoms with van der Waals surface area (Å²) >= 11 is 0. The largest absolute Gasteiger partial charge is 0.356 e. The quantitative estimate of drug-likeness (QED) is 0.841. The van der Waals surface area contributed by atoms with Crippen molar-refractivity contribution in [1.29, 1.82) is 0 Å². The number of rotatable bonds is 3. The number of imide groups is 1. The van der Waals surface area contributed by atoms with E-state index in [-0.39, 0.29) is 24.3 Å². The van der Waals surface area contributed by atoms with E-state index >= 15 is 0 Å². The number of benzene rings is 1. The minimum absolute atomic E-state index is 0.0587. The molecule has 0 bridgehead atoms. The fourth-order valence-corrected chi connectivity index (χ4v) is 3.00. The molecule has 2 aliphatic heterocycles. The molecule has 5 nitrogen and oxygen atoms in total. The van der Waals surface area contributed by atoms with E-state index in [2.05, 4.69) is 5.32 Å². The van der Waals surface area contributed by atoms with Gasteiger partial charge in [-0.3, -0.25) is 19.3 Å². The lowest BCUT2D eigenvalue weighted by molar-refractivity contribution is -0.128. The molecule has 2 aliphatic rings. The first-order chi connectivity index (χ1) is 9.59. The van der Waals surface area contributed by atoms with E-state index in [0.29, 0.717) is 30.5 Å². The highest BCUT2D eigenvalue weighted by Gasteiger charge is 2.46. The van der Waals surface area contributed by atoms with Crippen molar-refractivity contribution < 1.29 is 14.4 Å². The van der Waals surface area contributed by atoms with Crippen LogP contribution >= 0.6 is 0 Å². The van der Waals surface area contributed by atoms with Crippen LogP contribution in [0.5, 0.6) is 0 Å². The summed E-state index contributed by atoms with van der Waals surface area (Å²) in [6, 6.07) is 6.79. The summed E-state index contributed by atoms with van der Waals surface area (Å²) in [7, 11) is 0. The molecule has 1 aromatic rings. The summed E-state index contributed by atoms with van der Waals surface area (Å²) in [5, 5.41) is 2.80. The third kappa shape index (κ3) is 1.66. The third-order valence-electron chi connectivity index (χ3n) is 4.39. The van der Waals surface area contributed by atoms with Gasteiger partial charge in [-0.05, 0) is 25.0 Å². The van der Waals surface area contributed by atoms with Crippen molar-refractivity contribution in [2.24, 2.45) is 5.41 Å². The van der Waals surface area contributed by atoms with Crippen LogP contribution in [0.15, 0.2) is 24.3 Å². The predicted octanol–water partition coefficient (Wildman–Crippen LogP) is 1.20. The number of fused-ring (bicyclic) bond motifs is 1. The van der Waals surface area contributed by atoms with E-state index in [9.17, 15) is 14.4 Å². The number of hydrogen-bond donors (Lipinski definition) is 1. The lowest BCUT2D eigenvalue weighted by Crippen LogP contribution is -2.44. The Labute approximate surface area is 116 Å². The van der Waals surface area contributed by atoms with Gasteiger partial charge in [0.05, 0.1) is 16.5 Å². The average molecular weight is 272 g/mol. The van der Waals surface area contributed by atoms with Gasteiger partial charge >= 0.3 is 0 Å². The molecule has 2 heterocycles. The van der Waals surface area contributed by atoms with Crippen LogP contribution in [-0.4, -0.2) is 35.7 Å². The van der Waals surface area contributed by atoms with E-state index in [0.717, 1.165) is 0 Å². The fraction of sp³-hybridized carbons (Fsp3) is 0.400. The molecular weight excluding hydrogens is 256 g/mol. The van der Waals surface area contributed by atoms with Crippen LogP contribution in [0, 0.1) is 5.41 Å². The van der Waals surface area contributed by atoms with Crippen molar-refractivity contribution in [3.05, 3.63) is 35.4 Å². The molecule has 0 aliphatic carbocycles. The highest BCUT2D eigenvalue weighted by molar-refractivity contribution is 6.21. The molecule has 5 heteroatoms. The Morgan fingerprint density at radius 1 is 1.15 bits per heavy atom. The van der Waals surface area contributed by atoms with Gasteiger partial charge in [0.2, 0.25) is 5.91 Å². The van der Waals surface area contributed by atoms with Crippen LogP contribution < -0.4 is 5.32 Å². The van der Waals surface area contributed by atoms with Crippen LogP contribution in [-0.2, 0) is 4.79 Å². The minimum Gasteiger partial charge on any atom is -0.356 e. The predicted molar refractivity (Wildman–Crippen MR) is 72.2 cm³/mol. The molecule has 1 N–H and O–H groups in total. The normalized spacial score (nSPS) is 25.1. The van der Waals surface area contributed by atoms with Crippen molar-refractivity contribution >= 4 is 17.7 Å². The van der Waals surface area contributed by atoms with Gasteiger partial charge < -0.3 is 5.32 Å². The summed E-state index contributed by atoms with van der Waals surface area (Å²) in [4.78, 5) is 37.9. The van der Waals surface area contributed by atoms with Gasteiger partial charge in [0.1, 0.15) is 0 Å². The van der Waals surface area contributed by atoms with Crippen molar-refractivity contribution in [3.8, 4) is 0 Å². The molecule has 1 aromatic carbocycles. The van der Waals surface area contributed by atoms with Gasteiger partial charge in [-0.2, -0.15) is 0 Å². The monoisotopic (exact) mass is 272 g/mol. The van der Waals surface area contributed by atoms with Crippen LogP contribution in [0.1, 0.15) is 40.5 Å². The highest BCUT2D eigenvalue weighted by Crippen LogP contribution is 2.34. The minimum atomic E-state index is -0.632. The second-order valence-corrected chi connectivity index (χ2v) is 5.38. The lowest BCUT2D eigenvalue weighted by Gasteiger charge is -2.28. The molecule has 0 saturated carbocycles. The van der Waals surface area contributed by atoms with Gasteiger partial charge in [-0.15, -0.1) is 0 Å². The fourth-order valence-electron chi connectivity index (χ4n) is 3.00. The number of hydrogen-bond acceptors (Lipinski definition) is 3. The molecule has 104 valence electrons. The number of carbonyl (C=O) groups excluding carboxylic acids is 3. The van der Waals surface area contributed by atoms with E-state index in [1.54, 1.807) is 24.3 Å². The SMILES string of the molecule is CCC1(CN2C(=O)c3ccccc3C2=O)CCNC1=O. The Balaban J connectivity index is 1.92. The van der Waals surface area contributed by atoms with E-state index in [1.165, 1.54) is 4.90 Å². The molecule has 1 unspecified atom stereocenters. The summed E-state index contributed by atoms with van der Waals surface area (Å²) < 4.78 is 0. The van der Waals surface area contributed by atoms with Crippen molar-refractivity contribution in [1.82, 2.24) is 10.2 Å². The zero-order chi connectivity index (χ0) is 14.3. The van der Waals surface area contributed by atoms with Crippen LogP contribution in [0.2, 0.25) is 0 Å². The van der Waals surface area contributed by atoms with Crippen molar-refractivity contribution in [2.75, 3.05) is 13.1 Å². The number of amides is 3. The zero-order valence-corrected chi connectivity index (χ0v) is 11.3. The molecular formula is C15H16N2O3. The Bertz CT molecular complexity index is 576. The van der Waals surface area contributed by atoms with Crippen LogP contribution in [0.3, 0.4) is 0 Å². The first-order valence-electron chi connectivity index (χ1n) is 6.82. The topological polar surface area (TPSA) is 66.5 Å². The molecule has 20 heavy (non-hydrogen) atoms. The third-order valence-corrected chi connectivity index (χ3v) is 4.39. The Kier molecular flexibility index (Phi) is 2.85. The molecule has 1 atom stereocenters. The van der Waals surface area contributed by atoms with Gasteiger partial charge in [0.15, 0.2) is 0 Å². The molecule has 3 amide bonds. The van der Waals surface area contributed by atoms with Gasteiger partial charge in [0, 0.05) is 13.1 Å². The van der Waals surface area contributed by atoms with E-state index < -0.39 is 5.41 Å². The zero-order valence-electron chi connectivity index (χ0n) is 11.3. The molecule has 1 saturated heterocycles. The van der Waals surface area contributed by atoms with Crippen molar-refractivity contribution in [3.63, 3.8) is 0 Å². The van der Waals surface area contributed by atoms with E-state index in [4.69, 9.17) is 0 Å². The molecule has 3 rings (SSSR count). The average Bonchev–Trinajstić information content (AvgIpc) is 2.94. The van der Waals surface area contributed by atoms with Gasteiger partial charge in [-0.25, -0.2) is 0 Å². The summed E-state index contributed by atoms with van der Waals surface area (Å²) in [6.45, 7) is 2.70. The highest BCUT2D eigenvalue weighted by atomic mass is 16.2. The maximum atomic E-state index is 12.3. The van der Waals surface area contributed by atoms with Gasteiger partial charge in [-0.1, -0.05) is 19.1 Å². The summed E-state index contributed by atoms with van der Waals surface area (Å²) in [5.41, 5.74) is 0.234. The molecule has 0 radical (unpaired) electrons. The second kappa shape index (κ2) is 4.44. The number of carbonyl (C=O) groups is 3. The Morgan fingerprint density at radius 2 is 1.75 bits per heavy atom. The first-order valence-corrected chi connectivity index (χ1v) is 6.82.